The van der Waals surface area contributed by atoms with Crippen LogP contribution in [-0.2, 0) is 0 Å². The molecule has 0 radical (unpaired) electrons. The molecule has 0 aliphatic heterocycles. The molecule has 4 nitrogen and oxygen atoms in total. The molecule has 0 aliphatic carbocycles. The molecule has 0 saturated heterocycles. The zero-order valence-electron chi connectivity index (χ0n) is 15.6. The summed E-state index contributed by atoms with van der Waals surface area (Å²) in [6.45, 7) is 2.82. The predicted molar refractivity (Wildman–Crippen MR) is 103 cm³/mol. The largest absolute Gasteiger partial charge is 0.497 e. The Hall–Kier alpha value is -2.33. The molecule has 1 N–H and O–H groups in total. The van der Waals surface area contributed by atoms with E-state index in [4.69, 9.17) is 4.74 Å². The van der Waals surface area contributed by atoms with Crippen LogP contribution in [0.5, 0.6) is 5.75 Å². The number of hydrogen-bond acceptors (Lipinski definition) is 3. The van der Waals surface area contributed by atoms with Gasteiger partial charge in [0.25, 0.3) is 5.91 Å². The molecule has 0 bridgehead atoms. The van der Waals surface area contributed by atoms with E-state index in [-0.39, 0.29) is 5.91 Å². The van der Waals surface area contributed by atoms with Gasteiger partial charge in [0.15, 0.2) is 0 Å². The van der Waals surface area contributed by atoms with E-state index in [2.05, 4.69) is 31.2 Å². The van der Waals surface area contributed by atoms with Crippen LogP contribution >= 0.6 is 0 Å². The van der Waals surface area contributed by atoms with E-state index in [0.717, 1.165) is 29.7 Å². The fourth-order valence-corrected chi connectivity index (χ4v) is 2.81. The van der Waals surface area contributed by atoms with Crippen LogP contribution in [0, 0.1) is 0 Å². The van der Waals surface area contributed by atoms with Crippen LogP contribution in [0.1, 0.15) is 30.1 Å². The Kier molecular flexibility index (Phi) is 7.02. The van der Waals surface area contributed by atoms with Crippen molar-refractivity contribution in [3.8, 4) is 16.9 Å². The smallest absolute Gasteiger partial charge is 0.251 e. The monoisotopic (exact) mass is 340 g/mol. The van der Waals surface area contributed by atoms with E-state index in [0.29, 0.717) is 18.2 Å². The second-order valence-electron chi connectivity index (χ2n) is 6.43. The van der Waals surface area contributed by atoms with Gasteiger partial charge >= 0.3 is 0 Å². The average molecular weight is 340 g/mol. The lowest BCUT2D eigenvalue weighted by Gasteiger charge is -2.24. The average Bonchev–Trinajstić information content (AvgIpc) is 2.64. The highest BCUT2D eigenvalue weighted by Gasteiger charge is 2.13. The third-order valence-corrected chi connectivity index (χ3v) is 4.40. The van der Waals surface area contributed by atoms with Gasteiger partial charge in [-0.15, -0.1) is 0 Å². The van der Waals surface area contributed by atoms with Crippen molar-refractivity contribution in [3.63, 3.8) is 0 Å². The van der Waals surface area contributed by atoms with Gasteiger partial charge in [-0.1, -0.05) is 37.6 Å². The first kappa shape index (κ1) is 19.0. The van der Waals surface area contributed by atoms with Gasteiger partial charge < -0.3 is 15.0 Å². The van der Waals surface area contributed by atoms with E-state index in [1.165, 1.54) is 0 Å². The molecule has 134 valence electrons. The topological polar surface area (TPSA) is 41.6 Å². The highest BCUT2D eigenvalue weighted by atomic mass is 16.5. The molecule has 2 aromatic carbocycles. The number of carbonyl (C=O) groups excluding carboxylic acids is 1. The van der Waals surface area contributed by atoms with Gasteiger partial charge in [-0.3, -0.25) is 4.79 Å². The molecule has 1 unspecified atom stereocenters. The second-order valence-corrected chi connectivity index (χ2v) is 6.43. The number of nitrogens with one attached hydrogen (secondary N) is 1. The molecular formula is C21H28N2O2. The maximum Gasteiger partial charge on any atom is 0.251 e. The summed E-state index contributed by atoms with van der Waals surface area (Å²) in [6, 6.07) is 15.9. The Bertz CT molecular complexity index is 681. The highest BCUT2D eigenvalue weighted by Crippen LogP contribution is 2.23. The molecule has 2 aromatic rings. The van der Waals surface area contributed by atoms with Crippen LogP contribution in [0.25, 0.3) is 11.1 Å². The molecule has 2 rings (SSSR count). The predicted octanol–water partition coefficient (Wildman–Crippen LogP) is 3.82. The number of ether oxygens (including phenoxy) is 1. The van der Waals surface area contributed by atoms with Crippen molar-refractivity contribution in [1.82, 2.24) is 10.2 Å². The third-order valence-electron chi connectivity index (χ3n) is 4.40. The molecule has 4 heteroatoms. The van der Waals surface area contributed by atoms with Crippen LogP contribution in [0.4, 0.5) is 0 Å². The molecule has 0 aromatic heterocycles. The molecule has 0 spiro atoms. The number of likely N-dealkylation sites (N-methyl/N-ethyl adjacent to an activating group) is 1. The minimum Gasteiger partial charge on any atom is -0.497 e. The molecule has 0 heterocycles. The molecule has 25 heavy (non-hydrogen) atoms. The van der Waals surface area contributed by atoms with Gasteiger partial charge in [-0.2, -0.15) is 0 Å². The summed E-state index contributed by atoms with van der Waals surface area (Å²) in [4.78, 5) is 14.7. The first-order chi connectivity index (χ1) is 12.0. The number of carbonyl (C=O) groups is 1. The van der Waals surface area contributed by atoms with Gasteiger partial charge in [0.2, 0.25) is 0 Å². The first-order valence-corrected chi connectivity index (χ1v) is 8.74. The van der Waals surface area contributed by atoms with Crippen molar-refractivity contribution in [1.29, 1.82) is 0 Å². The Labute approximate surface area is 150 Å². The summed E-state index contributed by atoms with van der Waals surface area (Å²) in [5.74, 6) is 0.793. The lowest BCUT2D eigenvalue weighted by Crippen LogP contribution is -2.40. The molecular weight excluding hydrogens is 312 g/mol. The highest BCUT2D eigenvalue weighted by molar-refractivity contribution is 5.95. The number of benzene rings is 2. The maximum atomic E-state index is 12.5. The number of nitrogens with zero attached hydrogens (tertiary/aromatic N) is 1. The lowest BCUT2D eigenvalue weighted by molar-refractivity contribution is 0.0940. The zero-order chi connectivity index (χ0) is 18.2. The zero-order valence-corrected chi connectivity index (χ0v) is 15.6. The molecule has 0 fully saturated rings. The first-order valence-electron chi connectivity index (χ1n) is 8.74. The van der Waals surface area contributed by atoms with Gasteiger partial charge in [0.05, 0.1) is 7.11 Å². The van der Waals surface area contributed by atoms with Crippen molar-refractivity contribution in [2.24, 2.45) is 0 Å². The number of amides is 1. The molecule has 0 aliphatic rings. The standard InChI is InChI=1S/C21H28N2O2/c1-5-7-19(23(2)3)15-22-21(24)18-9-6-8-17(14-18)16-10-12-20(25-4)13-11-16/h6,8-14,19H,5,7,15H2,1-4H3,(H,22,24). The second kappa shape index (κ2) is 9.23. The molecule has 1 atom stereocenters. The Morgan fingerprint density at radius 2 is 1.84 bits per heavy atom. The minimum atomic E-state index is -0.0293. The summed E-state index contributed by atoms with van der Waals surface area (Å²) in [5.41, 5.74) is 2.77. The van der Waals surface area contributed by atoms with E-state index in [1.807, 2.05) is 48.5 Å². The Balaban J connectivity index is 2.07. The number of hydrogen-bond donors (Lipinski definition) is 1. The summed E-state index contributed by atoms with van der Waals surface area (Å²) in [7, 11) is 5.76. The quantitative estimate of drug-likeness (QED) is 0.794. The summed E-state index contributed by atoms with van der Waals surface area (Å²) < 4.78 is 5.19. The fraction of sp³-hybridized carbons (Fsp3) is 0.381. The number of rotatable bonds is 8. The summed E-state index contributed by atoms with van der Waals surface area (Å²) in [6.07, 6.45) is 2.17. The normalized spacial score (nSPS) is 12.0. The van der Waals surface area contributed by atoms with E-state index >= 15 is 0 Å². The van der Waals surface area contributed by atoms with Crippen LogP contribution in [-0.4, -0.2) is 44.6 Å². The fourth-order valence-electron chi connectivity index (χ4n) is 2.81. The van der Waals surface area contributed by atoms with E-state index in [1.54, 1.807) is 7.11 Å². The van der Waals surface area contributed by atoms with Crippen molar-refractivity contribution in [2.75, 3.05) is 27.7 Å². The minimum absolute atomic E-state index is 0.0293. The Morgan fingerprint density at radius 3 is 2.44 bits per heavy atom. The van der Waals surface area contributed by atoms with Gasteiger partial charge in [-0.25, -0.2) is 0 Å². The Morgan fingerprint density at radius 1 is 1.12 bits per heavy atom. The van der Waals surface area contributed by atoms with E-state index < -0.39 is 0 Å². The van der Waals surface area contributed by atoms with Crippen molar-refractivity contribution < 1.29 is 9.53 Å². The van der Waals surface area contributed by atoms with E-state index in [9.17, 15) is 4.79 Å². The third kappa shape index (κ3) is 5.33. The molecule has 1 amide bonds. The van der Waals surface area contributed by atoms with Crippen molar-refractivity contribution in [2.45, 2.75) is 25.8 Å². The SMILES string of the molecule is CCCC(CNC(=O)c1cccc(-c2ccc(OC)cc2)c1)N(C)C. The van der Waals surface area contributed by atoms with Crippen molar-refractivity contribution in [3.05, 3.63) is 54.1 Å². The van der Waals surface area contributed by atoms with Gasteiger partial charge in [0, 0.05) is 18.2 Å². The van der Waals surface area contributed by atoms with Gasteiger partial charge in [-0.05, 0) is 55.9 Å². The molecule has 0 saturated carbocycles. The lowest BCUT2D eigenvalue weighted by atomic mass is 10.0. The van der Waals surface area contributed by atoms with Crippen LogP contribution in [0.15, 0.2) is 48.5 Å². The summed E-state index contributed by atoms with van der Waals surface area (Å²) in [5, 5.41) is 3.06. The van der Waals surface area contributed by atoms with Crippen molar-refractivity contribution >= 4 is 5.91 Å². The van der Waals surface area contributed by atoms with Crippen LogP contribution in [0.2, 0.25) is 0 Å². The maximum absolute atomic E-state index is 12.5. The van der Waals surface area contributed by atoms with Crippen LogP contribution < -0.4 is 10.1 Å². The van der Waals surface area contributed by atoms with Crippen LogP contribution in [0.3, 0.4) is 0 Å². The van der Waals surface area contributed by atoms with Gasteiger partial charge in [0.1, 0.15) is 5.75 Å². The summed E-state index contributed by atoms with van der Waals surface area (Å²) >= 11 is 0. The number of methoxy groups -OCH3 is 1.